The van der Waals surface area contributed by atoms with Crippen molar-refractivity contribution in [3.8, 4) is 6.07 Å². The van der Waals surface area contributed by atoms with Crippen LogP contribution < -0.4 is 5.32 Å². The molecule has 0 unspecified atom stereocenters. The second-order valence-electron chi connectivity index (χ2n) is 3.51. The van der Waals surface area contributed by atoms with Gasteiger partial charge in [0, 0.05) is 6.54 Å². The number of nitrogens with zero attached hydrogens (tertiary/aromatic N) is 3. The van der Waals surface area contributed by atoms with E-state index >= 15 is 0 Å². The molecule has 0 amide bonds. The van der Waals surface area contributed by atoms with E-state index in [0.717, 1.165) is 13.0 Å². The summed E-state index contributed by atoms with van der Waals surface area (Å²) in [5.74, 6) is 1.22. The van der Waals surface area contributed by atoms with Crippen LogP contribution in [0.15, 0.2) is 12.3 Å². The SMILES string of the molecule is CC(C)CCNc1nnccc1C#N. The van der Waals surface area contributed by atoms with E-state index in [1.165, 1.54) is 6.20 Å². The highest BCUT2D eigenvalue weighted by atomic mass is 15.2. The fraction of sp³-hybridized carbons (Fsp3) is 0.500. The monoisotopic (exact) mass is 190 g/mol. The summed E-state index contributed by atoms with van der Waals surface area (Å²) in [6.45, 7) is 5.14. The van der Waals surface area contributed by atoms with Crippen LogP contribution in [-0.2, 0) is 0 Å². The molecule has 4 nitrogen and oxygen atoms in total. The molecule has 1 heterocycles. The summed E-state index contributed by atoms with van der Waals surface area (Å²) in [5.41, 5.74) is 0.545. The Morgan fingerprint density at radius 2 is 2.36 bits per heavy atom. The minimum atomic E-state index is 0.545. The fourth-order valence-electron chi connectivity index (χ4n) is 1.03. The second-order valence-corrected chi connectivity index (χ2v) is 3.51. The Bertz CT molecular complexity index is 327. The Labute approximate surface area is 84.0 Å². The van der Waals surface area contributed by atoms with Gasteiger partial charge < -0.3 is 5.32 Å². The highest BCUT2D eigenvalue weighted by Gasteiger charge is 2.02. The van der Waals surface area contributed by atoms with Crippen LogP contribution in [0, 0.1) is 17.2 Å². The summed E-state index contributed by atoms with van der Waals surface area (Å²) in [6.07, 6.45) is 2.58. The maximum absolute atomic E-state index is 8.77. The second kappa shape index (κ2) is 5.18. The molecule has 0 atom stereocenters. The first-order valence-corrected chi connectivity index (χ1v) is 4.69. The number of nitrogens with one attached hydrogen (secondary N) is 1. The molecule has 1 aromatic rings. The van der Waals surface area contributed by atoms with E-state index in [2.05, 4.69) is 35.4 Å². The maximum Gasteiger partial charge on any atom is 0.166 e. The van der Waals surface area contributed by atoms with Gasteiger partial charge in [-0.2, -0.15) is 10.4 Å². The van der Waals surface area contributed by atoms with E-state index in [1.807, 2.05) is 0 Å². The van der Waals surface area contributed by atoms with Gasteiger partial charge in [0.1, 0.15) is 6.07 Å². The lowest BCUT2D eigenvalue weighted by molar-refractivity contribution is 0.606. The van der Waals surface area contributed by atoms with Gasteiger partial charge in [0.15, 0.2) is 5.82 Å². The van der Waals surface area contributed by atoms with Gasteiger partial charge in [-0.25, -0.2) is 0 Å². The summed E-state index contributed by atoms with van der Waals surface area (Å²) in [5, 5.41) is 19.5. The molecule has 0 fully saturated rings. The number of anilines is 1. The molecule has 0 aromatic carbocycles. The quantitative estimate of drug-likeness (QED) is 0.786. The molecule has 0 saturated heterocycles. The van der Waals surface area contributed by atoms with Crippen molar-refractivity contribution >= 4 is 5.82 Å². The number of hydrogen-bond donors (Lipinski definition) is 1. The van der Waals surface area contributed by atoms with Gasteiger partial charge in [0.05, 0.1) is 11.8 Å². The van der Waals surface area contributed by atoms with Gasteiger partial charge in [-0.3, -0.25) is 0 Å². The van der Waals surface area contributed by atoms with Crippen molar-refractivity contribution in [3.05, 3.63) is 17.8 Å². The Hall–Kier alpha value is -1.63. The Morgan fingerprint density at radius 3 is 3.00 bits per heavy atom. The number of rotatable bonds is 4. The van der Waals surface area contributed by atoms with E-state index in [-0.39, 0.29) is 0 Å². The van der Waals surface area contributed by atoms with Crippen molar-refractivity contribution in [2.75, 3.05) is 11.9 Å². The molecule has 0 radical (unpaired) electrons. The minimum absolute atomic E-state index is 0.545. The topological polar surface area (TPSA) is 61.6 Å². The lowest BCUT2D eigenvalue weighted by Gasteiger charge is -2.07. The van der Waals surface area contributed by atoms with E-state index in [9.17, 15) is 0 Å². The van der Waals surface area contributed by atoms with Crippen LogP contribution in [0.3, 0.4) is 0 Å². The first-order valence-electron chi connectivity index (χ1n) is 4.69. The zero-order valence-electron chi connectivity index (χ0n) is 8.49. The van der Waals surface area contributed by atoms with Crippen molar-refractivity contribution in [2.24, 2.45) is 5.92 Å². The summed E-state index contributed by atoms with van der Waals surface area (Å²) >= 11 is 0. The summed E-state index contributed by atoms with van der Waals surface area (Å²) in [6, 6.07) is 3.73. The van der Waals surface area contributed by atoms with Gasteiger partial charge in [0.25, 0.3) is 0 Å². The average Bonchev–Trinajstić information content (AvgIpc) is 2.18. The number of hydrogen-bond acceptors (Lipinski definition) is 4. The molecule has 1 rings (SSSR count). The van der Waals surface area contributed by atoms with Crippen molar-refractivity contribution < 1.29 is 0 Å². The molecule has 14 heavy (non-hydrogen) atoms. The van der Waals surface area contributed by atoms with Crippen LogP contribution in [0.4, 0.5) is 5.82 Å². The van der Waals surface area contributed by atoms with Crippen LogP contribution in [0.2, 0.25) is 0 Å². The highest BCUT2D eigenvalue weighted by molar-refractivity contribution is 5.49. The van der Waals surface area contributed by atoms with Gasteiger partial charge >= 0.3 is 0 Å². The summed E-state index contributed by atoms with van der Waals surface area (Å²) in [4.78, 5) is 0. The Morgan fingerprint density at radius 1 is 1.57 bits per heavy atom. The maximum atomic E-state index is 8.77. The lowest BCUT2D eigenvalue weighted by atomic mass is 10.1. The van der Waals surface area contributed by atoms with Crippen molar-refractivity contribution in [3.63, 3.8) is 0 Å². The third-order valence-electron chi connectivity index (χ3n) is 1.86. The molecular weight excluding hydrogens is 176 g/mol. The van der Waals surface area contributed by atoms with Crippen LogP contribution in [0.25, 0.3) is 0 Å². The predicted molar refractivity (Wildman–Crippen MR) is 54.7 cm³/mol. The van der Waals surface area contributed by atoms with E-state index in [0.29, 0.717) is 17.3 Å². The summed E-state index contributed by atoms with van der Waals surface area (Å²) < 4.78 is 0. The fourth-order valence-corrected chi connectivity index (χ4v) is 1.03. The highest BCUT2D eigenvalue weighted by Crippen LogP contribution is 2.08. The van der Waals surface area contributed by atoms with E-state index in [1.54, 1.807) is 6.07 Å². The first-order chi connectivity index (χ1) is 6.74. The molecule has 1 N–H and O–H groups in total. The Balaban J connectivity index is 2.54. The third-order valence-corrected chi connectivity index (χ3v) is 1.86. The smallest absolute Gasteiger partial charge is 0.166 e. The molecule has 74 valence electrons. The predicted octanol–water partition coefficient (Wildman–Crippen LogP) is 1.81. The van der Waals surface area contributed by atoms with Gasteiger partial charge in [-0.15, -0.1) is 5.10 Å². The zero-order chi connectivity index (χ0) is 10.4. The third kappa shape index (κ3) is 3.02. The molecule has 4 heteroatoms. The molecule has 0 aliphatic heterocycles. The van der Waals surface area contributed by atoms with E-state index < -0.39 is 0 Å². The normalized spacial score (nSPS) is 9.86. The van der Waals surface area contributed by atoms with E-state index in [4.69, 9.17) is 5.26 Å². The molecule has 1 aromatic heterocycles. The first kappa shape index (κ1) is 10.5. The van der Waals surface area contributed by atoms with Crippen molar-refractivity contribution in [2.45, 2.75) is 20.3 Å². The number of aromatic nitrogens is 2. The van der Waals surface area contributed by atoms with Gasteiger partial charge in [-0.1, -0.05) is 13.8 Å². The van der Waals surface area contributed by atoms with Gasteiger partial charge in [-0.05, 0) is 18.4 Å². The minimum Gasteiger partial charge on any atom is -0.367 e. The molecule has 0 aliphatic rings. The van der Waals surface area contributed by atoms with Gasteiger partial charge in [0.2, 0.25) is 0 Å². The van der Waals surface area contributed by atoms with Crippen molar-refractivity contribution in [1.82, 2.24) is 10.2 Å². The molecular formula is C10H14N4. The van der Waals surface area contributed by atoms with Crippen LogP contribution in [0.5, 0.6) is 0 Å². The Kier molecular flexibility index (Phi) is 3.86. The molecule has 0 spiro atoms. The van der Waals surface area contributed by atoms with Crippen LogP contribution in [0.1, 0.15) is 25.8 Å². The summed E-state index contributed by atoms with van der Waals surface area (Å²) in [7, 11) is 0. The van der Waals surface area contributed by atoms with Crippen LogP contribution in [-0.4, -0.2) is 16.7 Å². The largest absolute Gasteiger partial charge is 0.367 e. The zero-order valence-corrected chi connectivity index (χ0v) is 8.49. The lowest BCUT2D eigenvalue weighted by Crippen LogP contribution is -2.08. The molecule has 0 bridgehead atoms. The standard InChI is InChI=1S/C10H14N4/c1-8(2)3-5-12-10-9(7-11)4-6-13-14-10/h4,6,8H,3,5H2,1-2H3,(H,12,14). The average molecular weight is 190 g/mol. The molecule has 0 aliphatic carbocycles. The van der Waals surface area contributed by atoms with Crippen molar-refractivity contribution in [1.29, 1.82) is 5.26 Å². The van der Waals surface area contributed by atoms with Crippen LogP contribution >= 0.6 is 0 Å². The molecule has 0 saturated carbocycles. The number of nitriles is 1.